The molecule has 1 aromatic carbocycles. The predicted molar refractivity (Wildman–Crippen MR) is 75.2 cm³/mol. The molecule has 0 saturated heterocycles. The van der Waals surface area contributed by atoms with Crippen LogP contribution in [0.1, 0.15) is 36.5 Å². The number of benzene rings is 1. The largest absolute Gasteiger partial charge is 0.349 e. The number of nitro groups is 1. The Bertz CT molecular complexity index is 532. The van der Waals surface area contributed by atoms with Crippen LogP contribution >= 0.6 is 0 Å². The molecular weight excluding hydrogens is 260 g/mol. The van der Waals surface area contributed by atoms with Crippen molar-refractivity contribution >= 4 is 17.3 Å². The van der Waals surface area contributed by atoms with Crippen molar-refractivity contribution in [2.24, 2.45) is 11.8 Å². The van der Waals surface area contributed by atoms with E-state index in [-0.39, 0.29) is 23.3 Å². The highest BCUT2D eigenvalue weighted by Crippen LogP contribution is 2.27. The highest BCUT2D eigenvalue weighted by atomic mass is 16.6. The van der Waals surface area contributed by atoms with Crippen LogP contribution in [0.25, 0.3) is 0 Å². The molecule has 2 rings (SSSR count). The molecule has 0 heterocycles. The third kappa shape index (κ3) is 2.88. The summed E-state index contributed by atoms with van der Waals surface area (Å²) in [5.74, 6) is 5.49. The number of rotatable bonds is 4. The van der Waals surface area contributed by atoms with E-state index in [9.17, 15) is 14.9 Å². The van der Waals surface area contributed by atoms with Gasteiger partial charge in [0.25, 0.3) is 11.6 Å². The van der Waals surface area contributed by atoms with Crippen LogP contribution in [-0.4, -0.2) is 16.9 Å². The standard InChI is InChI=1S/C13H18N4O3/c1-8-3-2-4-10(8)15-13(18)9-5-6-12(17(19)20)11(7-9)16-14/h5-8,10,16H,2-4,14H2,1H3,(H,15,18). The van der Waals surface area contributed by atoms with Gasteiger partial charge >= 0.3 is 0 Å². The van der Waals surface area contributed by atoms with Gasteiger partial charge < -0.3 is 10.7 Å². The molecule has 7 heteroatoms. The molecule has 0 radical (unpaired) electrons. The summed E-state index contributed by atoms with van der Waals surface area (Å²) in [6.45, 7) is 2.11. The fraction of sp³-hybridized carbons (Fsp3) is 0.462. The Morgan fingerprint density at radius 3 is 2.75 bits per heavy atom. The smallest absolute Gasteiger partial charge is 0.293 e. The lowest BCUT2D eigenvalue weighted by atomic mass is 10.1. The normalized spacial score (nSPS) is 21.5. The summed E-state index contributed by atoms with van der Waals surface area (Å²) in [5.41, 5.74) is 2.59. The second-order valence-corrected chi connectivity index (χ2v) is 5.12. The van der Waals surface area contributed by atoms with E-state index < -0.39 is 4.92 Å². The average Bonchev–Trinajstić information content (AvgIpc) is 2.83. The van der Waals surface area contributed by atoms with E-state index in [0.29, 0.717) is 11.5 Å². The number of carbonyl (C=O) groups excluding carboxylic acids is 1. The Labute approximate surface area is 116 Å². The zero-order valence-electron chi connectivity index (χ0n) is 11.3. The van der Waals surface area contributed by atoms with Gasteiger partial charge in [-0.25, -0.2) is 0 Å². The number of anilines is 1. The summed E-state index contributed by atoms with van der Waals surface area (Å²) in [6.07, 6.45) is 3.20. The Morgan fingerprint density at radius 1 is 1.45 bits per heavy atom. The molecule has 2 unspecified atom stereocenters. The number of nitrogens with two attached hydrogens (primary N) is 1. The summed E-state index contributed by atoms with van der Waals surface area (Å²) in [5, 5.41) is 13.8. The quantitative estimate of drug-likeness (QED) is 0.442. The van der Waals surface area contributed by atoms with Crippen LogP contribution in [0, 0.1) is 16.0 Å². The van der Waals surface area contributed by atoms with E-state index in [1.165, 1.54) is 18.2 Å². The fourth-order valence-electron chi connectivity index (χ4n) is 2.56. The maximum atomic E-state index is 12.1. The van der Waals surface area contributed by atoms with Crippen LogP contribution in [0.15, 0.2) is 18.2 Å². The first kappa shape index (κ1) is 14.3. The van der Waals surface area contributed by atoms with E-state index in [1.54, 1.807) is 0 Å². The number of hydrogen-bond acceptors (Lipinski definition) is 5. The van der Waals surface area contributed by atoms with Crippen molar-refractivity contribution in [3.63, 3.8) is 0 Å². The zero-order valence-corrected chi connectivity index (χ0v) is 11.3. The highest BCUT2D eigenvalue weighted by molar-refractivity contribution is 5.96. The maximum Gasteiger partial charge on any atom is 0.293 e. The third-order valence-electron chi connectivity index (χ3n) is 3.79. The van der Waals surface area contributed by atoms with Crippen LogP contribution in [0.4, 0.5) is 11.4 Å². The van der Waals surface area contributed by atoms with Gasteiger partial charge in [-0.1, -0.05) is 13.3 Å². The molecule has 4 N–H and O–H groups in total. The number of nitrogen functional groups attached to an aromatic ring is 1. The first-order valence-electron chi connectivity index (χ1n) is 6.59. The molecule has 1 aliphatic carbocycles. The van der Waals surface area contributed by atoms with Gasteiger partial charge in [-0.15, -0.1) is 0 Å². The number of nitro benzene ring substituents is 1. The van der Waals surface area contributed by atoms with Crippen molar-refractivity contribution < 1.29 is 9.72 Å². The zero-order chi connectivity index (χ0) is 14.7. The molecule has 1 fully saturated rings. The minimum Gasteiger partial charge on any atom is -0.349 e. The number of nitrogens with zero attached hydrogens (tertiary/aromatic N) is 1. The molecule has 20 heavy (non-hydrogen) atoms. The minimum atomic E-state index is -0.546. The first-order valence-corrected chi connectivity index (χ1v) is 6.59. The van der Waals surface area contributed by atoms with E-state index in [1.807, 2.05) is 0 Å². The first-order chi connectivity index (χ1) is 9.52. The Kier molecular flexibility index (Phi) is 4.19. The SMILES string of the molecule is CC1CCCC1NC(=O)c1ccc([N+](=O)[O-])c(NN)c1. The van der Waals surface area contributed by atoms with E-state index >= 15 is 0 Å². The third-order valence-corrected chi connectivity index (χ3v) is 3.79. The van der Waals surface area contributed by atoms with Gasteiger partial charge in [-0.2, -0.15) is 0 Å². The van der Waals surface area contributed by atoms with Crippen molar-refractivity contribution in [1.82, 2.24) is 5.32 Å². The van der Waals surface area contributed by atoms with Crippen molar-refractivity contribution in [2.75, 3.05) is 5.43 Å². The maximum absolute atomic E-state index is 12.1. The minimum absolute atomic E-state index is 0.127. The molecule has 1 aromatic rings. The number of hydrogen-bond donors (Lipinski definition) is 3. The van der Waals surface area contributed by atoms with Crippen molar-refractivity contribution in [3.8, 4) is 0 Å². The Balaban J connectivity index is 2.16. The van der Waals surface area contributed by atoms with Crippen LogP contribution in [0.5, 0.6) is 0 Å². The lowest BCUT2D eigenvalue weighted by molar-refractivity contribution is -0.384. The van der Waals surface area contributed by atoms with Gasteiger partial charge in [-0.05, 0) is 30.9 Å². The molecule has 2 atom stereocenters. The average molecular weight is 278 g/mol. The molecule has 0 aromatic heterocycles. The van der Waals surface area contributed by atoms with Gasteiger partial charge in [0.15, 0.2) is 0 Å². The summed E-state index contributed by atoms with van der Waals surface area (Å²) >= 11 is 0. The van der Waals surface area contributed by atoms with E-state index in [4.69, 9.17) is 5.84 Å². The van der Waals surface area contributed by atoms with Crippen molar-refractivity contribution in [2.45, 2.75) is 32.2 Å². The lowest BCUT2D eigenvalue weighted by Crippen LogP contribution is -2.36. The topological polar surface area (TPSA) is 110 Å². The monoisotopic (exact) mass is 278 g/mol. The molecule has 1 amide bonds. The summed E-state index contributed by atoms with van der Waals surface area (Å²) in [4.78, 5) is 22.4. The molecule has 0 bridgehead atoms. The molecule has 0 aliphatic heterocycles. The summed E-state index contributed by atoms with van der Waals surface area (Å²) in [6, 6.07) is 4.29. The Morgan fingerprint density at radius 2 is 2.20 bits per heavy atom. The number of nitrogens with one attached hydrogen (secondary N) is 2. The van der Waals surface area contributed by atoms with Crippen LogP contribution in [0.3, 0.4) is 0 Å². The Hall–Kier alpha value is -2.15. The molecule has 108 valence electrons. The van der Waals surface area contributed by atoms with Gasteiger partial charge in [0.1, 0.15) is 5.69 Å². The van der Waals surface area contributed by atoms with Crippen molar-refractivity contribution in [1.29, 1.82) is 0 Å². The number of amides is 1. The molecule has 1 saturated carbocycles. The molecule has 7 nitrogen and oxygen atoms in total. The summed E-state index contributed by atoms with van der Waals surface area (Å²) < 4.78 is 0. The summed E-state index contributed by atoms with van der Waals surface area (Å²) in [7, 11) is 0. The van der Waals surface area contributed by atoms with Gasteiger partial charge in [0.05, 0.1) is 4.92 Å². The van der Waals surface area contributed by atoms with Crippen LogP contribution < -0.4 is 16.6 Å². The number of hydrazine groups is 1. The van der Waals surface area contributed by atoms with Crippen LogP contribution in [0.2, 0.25) is 0 Å². The van der Waals surface area contributed by atoms with E-state index in [2.05, 4.69) is 17.7 Å². The molecule has 0 spiro atoms. The second-order valence-electron chi connectivity index (χ2n) is 5.12. The van der Waals surface area contributed by atoms with Gasteiger partial charge in [-0.3, -0.25) is 20.8 Å². The fourth-order valence-corrected chi connectivity index (χ4v) is 2.56. The van der Waals surface area contributed by atoms with E-state index in [0.717, 1.165) is 19.3 Å². The molecular formula is C13H18N4O3. The van der Waals surface area contributed by atoms with Gasteiger partial charge in [0.2, 0.25) is 0 Å². The molecule has 1 aliphatic rings. The second kappa shape index (κ2) is 5.87. The van der Waals surface area contributed by atoms with Crippen LogP contribution in [-0.2, 0) is 0 Å². The van der Waals surface area contributed by atoms with Gasteiger partial charge in [0, 0.05) is 17.7 Å². The highest BCUT2D eigenvalue weighted by Gasteiger charge is 2.25. The van der Waals surface area contributed by atoms with Crippen molar-refractivity contribution in [3.05, 3.63) is 33.9 Å². The number of carbonyl (C=O) groups is 1. The lowest BCUT2D eigenvalue weighted by Gasteiger charge is -2.17. The predicted octanol–water partition coefficient (Wildman–Crippen LogP) is 1.80.